The summed E-state index contributed by atoms with van der Waals surface area (Å²) in [5.74, 6) is -0.721. The van der Waals surface area contributed by atoms with E-state index >= 15 is 0 Å². The van der Waals surface area contributed by atoms with Crippen LogP contribution in [0.1, 0.15) is 22.0 Å². The Kier molecular flexibility index (Phi) is 5.51. The molecule has 1 aromatic carbocycles. The van der Waals surface area contributed by atoms with Gasteiger partial charge in [0.1, 0.15) is 0 Å². The van der Waals surface area contributed by atoms with Crippen LogP contribution in [0.25, 0.3) is 0 Å². The zero-order valence-corrected chi connectivity index (χ0v) is 13.6. The number of hydrogen-bond acceptors (Lipinski definition) is 4. The number of ether oxygens (including phenoxy) is 1. The van der Waals surface area contributed by atoms with Gasteiger partial charge in [-0.05, 0) is 54.7 Å². The average Bonchev–Trinajstić information content (AvgIpc) is 3.00. The number of rotatable bonds is 6. The zero-order chi connectivity index (χ0) is 16.1. The molecule has 0 radical (unpaired) electrons. The van der Waals surface area contributed by atoms with E-state index in [2.05, 4.69) is 10.7 Å². The number of thiophene rings is 1. The van der Waals surface area contributed by atoms with Gasteiger partial charge in [-0.15, -0.1) is 0 Å². The second-order valence-electron chi connectivity index (χ2n) is 5.10. The highest BCUT2D eigenvalue weighted by Crippen LogP contribution is 2.21. The van der Waals surface area contributed by atoms with E-state index in [-0.39, 0.29) is 23.3 Å². The fourth-order valence-corrected chi connectivity index (χ4v) is 2.87. The Morgan fingerprint density at radius 2 is 2.18 bits per heavy atom. The maximum absolute atomic E-state index is 13.6. The molecule has 2 rings (SSSR count). The molecule has 0 saturated carbocycles. The van der Waals surface area contributed by atoms with Gasteiger partial charge in [0.05, 0.1) is 13.2 Å². The lowest BCUT2D eigenvalue weighted by atomic mass is 10.1. The fraction of sp³-hybridized carbons (Fsp3) is 0.312. The fourth-order valence-electron chi connectivity index (χ4n) is 2.16. The molecule has 0 saturated heterocycles. The zero-order valence-electron chi connectivity index (χ0n) is 12.8. The molecule has 0 bridgehead atoms. The topological polar surface area (TPSA) is 41.6 Å². The molecule has 1 N–H and O–H groups in total. The van der Waals surface area contributed by atoms with Gasteiger partial charge in [0.15, 0.2) is 11.6 Å². The van der Waals surface area contributed by atoms with Gasteiger partial charge in [-0.25, -0.2) is 4.39 Å². The predicted octanol–water partition coefficient (Wildman–Crippen LogP) is 2.93. The van der Waals surface area contributed by atoms with Crippen molar-refractivity contribution in [2.75, 3.05) is 27.7 Å². The smallest absolute Gasteiger partial charge is 0.251 e. The SMILES string of the molecule is COc1ccc(C(=O)NCC(c2ccsc2)N(C)C)cc1F. The molecule has 0 aliphatic heterocycles. The molecule has 0 fully saturated rings. The Balaban J connectivity index is 2.04. The van der Waals surface area contributed by atoms with Crippen LogP contribution in [-0.4, -0.2) is 38.6 Å². The lowest BCUT2D eigenvalue weighted by Crippen LogP contribution is -2.34. The number of halogens is 1. The van der Waals surface area contributed by atoms with Crippen LogP contribution in [-0.2, 0) is 0 Å². The molecule has 22 heavy (non-hydrogen) atoms. The molecule has 6 heteroatoms. The first-order valence-corrected chi connectivity index (χ1v) is 7.77. The normalized spacial score (nSPS) is 12.2. The minimum atomic E-state index is -0.544. The summed E-state index contributed by atoms with van der Waals surface area (Å²) in [5.41, 5.74) is 1.43. The average molecular weight is 322 g/mol. The van der Waals surface area contributed by atoms with Crippen molar-refractivity contribution in [3.8, 4) is 5.75 Å². The number of nitrogens with one attached hydrogen (secondary N) is 1. The van der Waals surface area contributed by atoms with Crippen LogP contribution >= 0.6 is 11.3 Å². The van der Waals surface area contributed by atoms with Gasteiger partial charge in [0, 0.05) is 12.1 Å². The number of hydrogen-bond donors (Lipinski definition) is 1. The Morgan fingerprint density at radius 3 is 2.73 bits per heavy atom. The molecule has 118 valence electrons. The lowest BCUT2D eigenvalue weighted by molar-refractivity contribution is 0.0941. The summed E-state index contributed by atoms with van der Waals surface area (Å²) in [6.07, 6.45) is 0. The lowest BCUT2D eigenvalue weighted by Gasteiger charge is -2.24. The van der Waals surface area contributed by atoms with E-state index in [4.69, 9.17) is 4.74 Å². The Labute approximate surface area is 133 Å². The predicted molar refractivity (Wildman–Crippen MR) is 86.0 cm³/mol. The van der Waals surface area contributed by atoms with Gasteiger partial charge in [0.2, 0.25) is 0 Å². The Bertz CT molecular complexity index is 629. The molecule has 4 nitrogen and oxygen atoms in total. The number of nitrogens with zero attached hydrogens (tertiary/aromatic N) is 1. The molecule has 1 atom stereocenters. The molecule has 1 aromatic heterocycles. The van der Waals surface area contributed by atoms with Crippen LogP contribution in [0.5, 0.6) is 5.75 Å². The number of methoxy groups -OCH3 is 1. The van der Waals surface area contributed by atoms with Gasteiger partial charge in [-0.3, -0.25) is 4.79 Å². The van der Waals surface area contributed by atoms with Crippen molar-refractivity contribution < 1.29 is 13.9 Å². The van der Waals surface area contributed by atoms with Crippen LogP contribution in [0.4, 0.5) is 4.39 Å². The maximum Gasteiger partial charge on any atom is 0.251 e. The third-order valence-corrected chi connectivity index (χ3v) is 4.12. The molecule has 0 spiro atoms. The van der Waals surface area contributed by atoms with Crippen molar-refractivity contribution in [3.05, 3.63) is 52.0 Å². The third kappa shape index (κ3) is 3.84. The first-order valence-electron chi connectivity index (χ1n) is 6.83. The molecule has 0 aliphatic rings. The largest absolute Gasteiger partial charge is 0.494 e. The molecule has 1 amide bonds. The quantitative estimate of drug-likeness (QED) is 0.889. The van der Waals surface area contributed by atoms with Gasteiger partial charge >= 0.3 is 0 Å². The van der Waals surface area contributed by atoms with Crippen molar-refractivity contribution >= 4 is 17.2 Å². The van der Waals surface area contributed by atoms with Crippen molar-refractivity contribution in [3.63, 3.8) is 0 Å². The number of benzene rings is 1. The minimum Gasteiger partial charge on any atom is -0.494 e. The molecular weight excluding hydrogens is 303 g/mol. The van der Waals surface area contributed by atoms with E-state index in [9.17, 15) is 9.18 Å². The minimum absolute atomic E-state index is 0.0818. The van der Waals surface area contributed by atoms with Crippen molar-refractivity contribution in [2.24, 2.45) is 0 Å². The first kappa shape index (κ1) is 16.5. The van der Waals surface area contributed by atoms with Crippen LogP contribution in [0.2, 0.25) is 0 Å². The van der Waals surface area contributed by atoms with E-state index in [0.29, 0.717) is 6.54 Å². The summed E-state index contributed by atoms with van der Waals surface area (Å²) in [5, 5.41) is 6.92. The summed E-state index contributed by atoms with van der Waals surface area (Å²) < 4.78 is 18.5. The van der Waals surface area contributed by atoms with Crippen molar-refractivity contribution in [1.29, 1.82) is 0 Å². The van der Waals surface area contributed by atoms with E-state index in [0.717, 1.165) is 5.56 Å². The Morgan fingerprint density at radius 1 is 1.41 bits per heavy atom. The number of carbonyl (C=O) groups is 1. The third-order valence-electron chi connectivity index (χ3n) is 3.42. The monoisotopic (exact) mass is 322 g/mol. The maximum atomic E-state index is 13.6. The second-order valence-corrected chi connectivity index (χ2v) is 5.88. The Hall–Kier alpha value is -1.92. The van der Waals surface area contributed by atoms with Crippen LogP contribution < -0.4 is 10.1 Å². The van der Waals surface area contributed by atoms with Gasteiger partial charge in [-0.1, -0.05) is 0 Å². The van der Waals surface area contributed by atoms with E-state index in [1.807, 2.05) is 30.4 Å². The van der Waals surface area contributed by atoms with Crippen LogP contribution in [0.15, 0.2) is 35.0 Å². The van der Waals surface area contributed by atoms with Gasteiger partial charge in [0.25, 0.3) is 5.91 Å². The summed E-state index contributed by atoms with van der Waals surface area (Å²) >= 11 is 1.62. The van der Waals surface area contributed by atoms with E-state index in [1.165, 1.54) is 19.2 Å². The summed E-state index contributed by atoms with van der Waals surface area (Å²) in [7, 11) is 5.31. The molecular formula is C16H19FN2O2S. The molecule has 1 unspecified atom stereocenters. The van der Waals surface area contributed by atoms with E-state index in [1.54, 1.807) is 17.4 Å². The van der Waals surface area contributed by atoms with E-state index < -0.39 is 5.82 Å². The van der Waals surface area contributed by atoms with Crippen LogP contribution in [0, 0.1) is 5.82 Å². The molecule has 0 aliphatic carbocycles. The van der Waals surface area contributed by atoms with Gasteiger partial charge < -0.3 is 15.0 Å². The standard InChI is InChI=1S/C16H19FN2O2S/c1-19(2)14(12-6-7-22-10-12)9-18-16(20)11-4-5-15(21-3)13(17)8-11/h4-8,10,14H,9H2,1-3H3,(H,18,20). The van der Waals surface area contributed by atoms with Crippen molar-refractivity contribution in [2.45, 2.75) is 6.04 Å². The number of amides is 1. The summed E-state index contributed by atoms with van der Waals surface area (Å²) in [6.45, 7) is 0.455. The number of carbonyl (C=O) groups excluding carboxylic acids is 1. The summed E-state index contributed by atoms with van der Waals surface area (Å²) in [6, 6.07) is 6.30. The highest BCUT2D eigenvalue weighted by atomic mass is 32.1. The molecule has 2 aromatic rings. The van der Waals surface area contributed by atoms with Crippen molar-refractivity contribution in [1.82, 2.24) is 10.2 Å². The molecule has 1 heterocycles. The second kappa shape index (κ2) is 7.38. The first-order chi connectivity index (χ1) is 10.5. The highest BCUT2D eigenvalue weighted by Gasteiger charge is 2.17. The van der Waals surface area contributed by atoms with Gasteiger partial charge in [-0.2, -0.15) is 11.3 Å². The van der Waals surface area contributed by atoms with Crippen LogP contribution in [0.3, 0.4) is 0 Å². The summed E-state index contributed by atoms with van der Waals surface area (Å²) in [4.78, 5) is 14.2. The highest BCUT2D eigenvalue weighted by molar-refractivity contribution is 7.07. The number of likely N-dealkylation sites (N-methyl/N-ethyl adjacent to an activating group) is 1.